The van der Waals surface area contributed by atoms with E-state index in [1.54, 1.807) is 19.0 Å². The van der Waals surface area contributed by atoms with E-state index in [2.05, 4.69) is 0 Å². The summed E-state index contributed by atoms with van der Waals surface area (Å²) in [5, 5.41) is 1.50. The van der Waals surface area contributed by atoms with Gasteiger partial charge in [0.2, 0.25) is 13.2 Å². The maximum Gasteiger partial charge on any atom is 0.241 e. The molecule has 1 aliphatic rings. The number of nitrogens with zero attached hydrogens (tertiary/aromatic N) is 2. The van der Waals surface area contributed by atoms with Crippen LogP contribution < -0.4 is 10.6 Å². The zero-order chi connectivity index (χ0) is 20.6. The van der Waals surface area contributed by atoms with Crippen molar-refractivity contribution < 1.29 is 9.36 Å². The van der Waals surface area contributed by atoms with E-state index < -0.39 is 13.3 Å². The molecular formula is C24H25N2O2P. The van der Waals surface area contributed by atoms with E-state index in [0.29, 0.717) is 0 Å². The molecule has 4 rings (SSSR count). The second-order valence-corrected chi connectivity index (χ2v) is 10.3. The van der Waals surface area contributed by atoms with Crippen LogP contribution in [0.1, 0.15) is 17.2 Å². The summed E-state index contributed by atoms with van der Waals surface area (Å²) >= 11 is 0. The molecule has 1 fully saturated rings. The summed E-state index contributed by atoms with van der Waals surface area (Å²) in [4.78, 5) is 14.6. The summed E-state index contributed by atoms with van der Waals surface area (Å²) in [6, 6.07) is 26.5. The van der Waals surface area contributed by atoms with Crippen molar-refractivity contribution in [2.24, 2.45) is 0 Å². The molecule has 148 valence electrons. The van der Waals surface area contributed by atoms with Gasteiger partial charge in [-0.05, 0) is 36.8 Å². The third-order valence-electron chi connectivity index (χ3n) is 5.43. The average molecular weight is 404 g/mol. The van der Waals surface area contributed by atoms with Crippen LogP contribution in [0.25, 0.3) is 0 Å². The second kappa shape index (κ2) is 7.62. The van der Waals surface area contributed by atoms with Gasteiger partial charge in [-0.15, -0.1) is 0 Å². The predicted octanol–water partition coefficient (Wildman–Crippen LogP) is 3.74. The van der Waals surface area contributed by atoms with Crippen molar-refractivity contribution in [1.82, 2.24) is 9.57 Å². The Morgan fingerprint density at radius 1 is 0.828 bits per heavy atom. The normalized spacial score (nSPS) is 20.9. The van der Waals surface area contributed by atoms with Gasteiger partial charge in [0.05, 0.1) is 6.04 Å². The maximum absolute atomic E-state index is 14.7. The number of benzene rings is 3. The highest BCUT2D eigenvalue weighted by Gasteiger charge is 2.62. The number of amides is 1. The van der Waals surface area contributed by atoms with Crippen molar-refractivity contribution in [1.29, 1.82) is 0 Å². The largest absolute Gasteiger partial charge is 0.347 e. The fourth-order valence-corrected chi connectivity index (χ4v) is 6.97. The molecule has 0 spiro atoms. The maximum atomic E-state index is 14.7. The number of carbonyl (C=O) groups excluding carboxylic acids is 1. The minimum absolute atomic E-state index is 0.0253. The topological polar surface area (TPSA) is 40.4 Å². The average Bonchev–Trinajstić information content (AvgIpc) is 3.50. The molecule has 3 atom stereocenters. The van der Waals surface area contributed by atoms with Crippen molar-refractivity contribution in [2.45, 2.75) is 19.0 Å². The Balaban J connectivity index is 1.87. The van der Waals surface area contributed by atoms with Crippen molar-refractivity contribution in [2.75, 3.05) is 14.1 Å². The molecule has 0 aromatic heterocycles. The third-order valence-corrected chi connectivity index (χ3v) is 8.57. The quantitative estimate of drug-likeness (QED) is 0.481. The van der Waals surface area contributed by atoms with Gasteiger partial charge in [-0.25, -0.2) is 4.67 Å². The van der Waals surface area contributed by atoms with Gasteiger partial charge in [-0.2, -0.15) is 0 Å². The highest BCUT2D eigenvalue weighted by molar-refractivity contribution is 7.76. The number of rotatable bonds is 5. The van der Waals surface area contributed by atoms with Gasteiger partial charge in [0.1, 0.15) is 6.04 Å². The van der Waals surface area contributed by atoms with Gasteiger partial charge in [-0.1, -0.05) is 66.2 Å². The molecule has 0 N–H and O–H groups in total. The monoisotopic (exact) mass is 404 g/mol. The fraction of sp³-hybridized carbons (Fsp3) is 0.208. The summed E-state index contributed by atoms with van der Waals surface area (Å²) in [6.45, 7) is 2.04. The highest BCUT2D eigenvalue weighted by atomic mass is 31.2. The molecule has 0 radical (unpaired) electrons. The van der Waals surface area contributed by atoms with Gasteiger partial charge in [0.15, 0.2) is 0 Å². The number of likely N-dealkylation sites (N-methyl/N-ethyl adjacent to an activating group) is 1. The molecule has 0 bridgehead atoms. The van der Waals surface area contributed by atoms with E-state index in [-0.39, 0.29) is 11.9 Å². The van der Waals surface area contributed by atoms with Gasteiger partial charge >= 0.3 is 0 Å². The van der Waals surface area contributed by atoms with Crippen molar-refractivity contribution in [3.8, 4) is 0 Å². The summed E-state index contributed by atoms with van der Waals surface area (Å²) in [5.41, 5.74) is 2.17. The molecule has 5 heteroatoms. The van der Waals surface area contributed by atoms with E-state index in [0.717, 1.165) is 21.7 Å². The number of hydrogen-bond acceptors (Lipinski definition) is 2. The Labute approximate surface area is 172 Å². The van der Waals surface area contributed by atoms with E-state index in [1.807, 2.05) is 96.5 Å². The zero-order valence-electron chi connectivity index (χ0n) is 16.9. The lowest BCUT2D eigenvalue weighted by Crippen LogP contribution is -2.30. The molecular weight excluding hydrogens is 379 g/mol. The first-order chi connectivity index (χ1) is 13.9. The Morgan fingerprint density at radius 3 is 1.76 bits per heavy atom. The highest BCUT2D eigenvalue weighted by Crippen LogP contribution is 2.64. The molecule has 0 saturated carbocycles. The Morgan fingerprint density at radius 2 is 1.31 bits per heavy atom. The molecule has 4 nitrogen and oxygen atoms in total. The first kappa shape index (κ1) is 19.6. The molecule has 29 heavy (non-hydrogen) atoms. The van der Waals surface area contributed by atoms with Gasteiger partial charge < -0.3 is 4.90 Å². The Kier molecular flexibility index (Phi) is 5.16. The lowest BCUT2D eigenvalue weighted by molar-refractivity contribution is -0.128. The second-order valence-electron chi connectivity index (χ2n) is 7.66. The molecule has 1 unspecified atom stereocenters. The minimum atomic E-state index is -3.18. The van der Waals surface area contributed by atoms with Crippen molar-refractivity contribution >= 4 is 23.8 Å². The number of hydrogen-bond donors (Lipinski definition) is 0. The molecule has 1 aliphatic heterocycles. The van der Waals surface area contributed by atoms with Crippen LogP contribution in [0.4, 0.5) is 0 Å². The summed E-state index contributed by atoms with van der Waals surface area (Å²) in [7, 11) is 0.320. The molecule has 3 aromatic carbocycles. The SMILES string of the molecule is Cc1ccc([C@H]2[C@@H](C(=O)N(C)C)N2P(=O)(c2ccccc2)c2ccccc2)cc1. The van der Waals surface area contributed by atoms with E-state index in [4.69, 9.17) is 0 Å². The minimum Gasteiger partial charge on any atom is -0.347 e. The van der Waals surface area contributed by atoms with Gasteiger partial charge in [-0.3, -0.25) is 9.36 Å². The molecule has 1 saturated heterocycles. The van der Waals surface area contributed by atoms with Crippen LogP contribution in [-0.2, 0) is 9.36 Å². The molecule has 1 amide bonds. The van der Waals surface area contributed by atoms with Crippen LogP contribution >= 0.6 is 7.29 Å². The first-order valence-corrected chi connectivity index (χ1v) is 11.4. The van der Waals surface area contributed by atoms with Crippen LogP contribution in [0.2, 0.25) is 0 Å². The van der Waals surface area contributed by atoms with Crippen LogP contribution in [0.3, 0.4) is 0 Å². The number of aryl methyl sites for hydroxylation is 1. The smallest absolute Gasteiger partial charge is 0.241 e. The lowest BCUT2D eigenvalue weighted by Gasteiger charge is -2.22. The van der Waals surface area contributed by atoms with Crippen LogP contribution in [0.5, 0.6) is 0 Å². The van der Waals surface area contributed by atoms with E-state index in [9.17, 15) is 9.36 Å². The van der Waals surface area contributed by atoms with Crippen molar-refractivity contribution in [3.05, 3.63) is 96.1 Å². The van der Waals surface area contributed by atoms with Crippen molar-refractivity contribution in [3.63, 3.8) is 0 Å². The van der Waals surface area contributed by atoms with E-state index >= 15 is 0 Å². The first-order valence-electron chi connectivity index (χ1n) is 9.72. The zero-order valence-corrected chi connectivity index (χ0v) is 17.8. The van der Waals surface area contributed by atoms with E-state index in [1.165, 1.54) is 0 Å². The lowest BCUT2D eigenvalue weighted by atomic mass is 10.1. The predicted molar refractivity (Wildman–Crippen MR) is 118 cm³/mol. The molecule has 1 heterocycles. The standard InChI is InChI=1S/C24H25N2O2P/c1-18-14-16-19(17-15-18)22-23(24(27)25(2)3)26(22)29(28,20-10-6-4-7-11-20)21-12-8-5-9-13-21/h4-17,22-23H,1-3H3/t22-,23-,26?/m0/s1. The Hall–Kier alpha value is -2.68. The Bertz CT molecular complexity index is 1010. The molecule has 0 aliphatic carbocycles. The van der Waals surface area contributed by atoms with Crippen LogP contribution in [-0.4, -0.2) is 35.6 Å². The van der Waals surface area contributed by atoms with Gasteiger partial charge in [0.25, 0.3) is 0 Å². The summed E-state index contributed by atoms with van der Waals surface area (Å²) < 4.78 is 16.6. The third kappa shape index (κ3) is 3.43. The van der Waals surface area contributed by atoms with Crippen LogP contribution in [0, 0.1) is 6.92 Å². The summed E-state index contributed by atoms with van der Waals surface area (Å²) in [6.07, 6.45) is 0. The molecule has 3 aromatic rings. The van der Waals surface area contributed by atoms with Crippen LogP contribution in [0.15, 0.2) is 84.9 Å². The number of carbonyl (C=O) groups is 1. The summed E-state index contributed by atoms with van der Waals surface area (Å²) in [5.74, 6) is -0.0253. The van der Waals surface area contributed by atoms with Gasteiger partial charge in [0, 0.05) is 24.7 Å². The fourth-order valence-electron chi connectivity index (χ4n) is 3.86.